The van der Waals surface area contributed by atoms with Gasteiger partial charge >= 0.3 is 5.97 Å². The number of hydrogen-bond acceptors (Lipinski definition) is 7. The zero-order valence-electron chi connectivity index (χ0n) is 12.5. The molecule has 1 aliphatic rings. The number of rotatable bonds is 3. The highest BCUT2D eigenvalue weighted by molar-refractivity contribution is 7.98. The summed E-state index contributed by atoms with van der Waals surface area (Å²) in [6, 6.07) is 2.31. The fourth-order valence-corrected chi connectivity index (χ4v) is 3.09. The third-order valence-electron chi connectivity index (χ3n) is 3.55. The SMILES string of the molecule is COC(=O)c1c(Cl)nc(SC)nc1N1CCCCC(C#N)C1. The fourth-order valence-electron chi connectivity index (χ4n) is 2.44. The van der Waals surface area contributed by atoms with Crippen molar-refractivity contribution in [3.63, 3.8) is 0 Å². The number of thioether (sulfide) groups is 1. The maximum Gasteiger partial charge on any atom is 0.344 e. The van der Waals surface area contributed by atoms with E-state index in [0.717, 1.165) is 25.8 Å². The van der Waals surface area contributed by atoms with Crippen LogP contribution in [0.2, 0.25) is 5.15 Å². The number of nitriles is 1. The van der Waals surface area contributed by atoms with Gasteiger partial charge in [0.15, 0.2) is 5.16 Å². The van der Waals surface area contributed by atoms with Crippen LogP contribution >= 0.6 is 23.4 Å². The van der Waals surface area contributed by atoms with E-state index in [1.165, 1.54) is 18.9 Å². The van der Waals surface area contributed by atoms with Gasteiger partial charge in [-0.25, -0.2) is 14.8 Å². The third-order valence-corrected chi connectivity index (χ3v) is 4.37. The monoisotopic (exact) mass is 340 g/mol. The minimum atomic E-state index is -0.564. The highest BCUT2D eigenvalue weighted by Gasteiger charge is 2.27. The van der Waals surface area contributed by atoms with Crippen molar-refractivity contribution >= 4 is 35.1 Å². The van der Waals surface area contributed by atoms with Crippen molar-refractivity contribution in [2.75, 3.05) is 31.4 Å². The molecule has 1 aliphatic heterocycles. The van der Waals surface area contributed by atoms with Crippen LogP contribution in [0.5, 0.6) is 0 Å². The Balaban J connectivity index is 2.48. The Morgan fingerprint density at radius 3 is 2.91 bits per heavy atom. The summed E-state index contributed by atoms with van der Waals surface area (Å²) < 4.78 is 4.80. The van der Waals surface area contributed by atoms with E-state index in [1.54, 1.807) is 0 Å². The van der Waals surface area contributed by atoms with Gasteiger partial charge in [-0.1, -0.05) is 29.8 Å². The number of halogens is 1. The summed E-state index contributed by atoms with van der Waals surface area (Å²) in [5, 5.41) is 9.80. The van der Waals surface area contributed by atoms with Gasteiger partial charge in [-0.3, -0.25) is 0 Å². The maximum absolute atomic E-state index is 12.0. The van der Waals surface area contributed by atoms with Crippen molar-refractivity contribution in [2.45, 2.75) is 24.4 Å². The molecule has 1 saturated heterocycles. The van der Waals surface area contributed by atoms with Gasteiger partial charge in [-0.15, -0.1) is 0 Å². The summed E-state index contributed by atoms with van der Waals surface area (Å²) in [4.78, 5) is 22.5. The van der Waals surface area contributed by atoms with Crippen LogP contribution in [0, 0.1) is 17.2 Å². The molecule has 0 aromatic carbocycles. The van der Waals surface area contributed by atoms with E-state index < -0.39 is 5.97 Å². The lowest BCUT2D eigenvalue weighted by Gasteiger charge is -2.25. The van der Waals surface area contributed by atoms with Gasteiger partial charge in [0, 0.05) is 13.1 Å². The van der Waals surface area contributed by atoms with Crippen LogP contribution in [0.25, 0.3) is 0 Å². The Kier molecular flexibility index (Phi) is 5.86. The second-order valence-electron chi connectivity index (χ2n) is 4.96. The first-order valence-electron chi connectivity index (χ1n) is 6.95. The Labute approximate surface area is 138 Å². The number of anilines is 1. The molecule has 8 heteroatoms. The second-order valence-corrected chi connectivity index (χ2v) is 6.09. The van der Waals surface area contributed by atoms with E-state index >= 15 is 0 Å². The molecule has 1 unspecified atom stereocenters. The molecule has 118 valence electrons. The van der Waals surface area contributed by atoms with Crippen LogP contribution in [0.3, 0.4) is 0 Å². The number of carbonyl (C=O) groups excluding carboxylic acids is 1. The normalized spacial score (nSPS) is 18.5. The quantitative estimate of drug-likeness (QED) is 0.362. The predicted molar refractivity (Wildman–Crippen MR) is 85.3 cm³/mol. The van der Waals surface area contributed by atoms with Crippen molar-refractivity contribution in [1.29, 1.82) is 5.26 Å². The van der Waals surface area contributed by atoms with Gasteiger partial charge in [-0.2, -0.15) is 5.26 Å². The highest BCUT2D eigenvalue weighted by atomic mass is 35.5. The van der Waals surface area contributed by atoms with Crippen LogP contribution in [0.1, 0.15) is 29.6 Å². The molecular formula is C14H17ClN4O2S. The summed E-state index contributed by atoms with van der Waals surface area (Å²) in [6.07, 6.45) is 4.62. The number of methoxy groups -OCH3 is 1. The molecule has 0 aliphatic carbocycles. The van der Waals surface area contributed by atoms with E-state index in [-0.39, 0.29) is 16.6 Å². The van der Waals surface area contributed by atoms with Crippen molar-refractivity contribution in [1.82, 2.24) is 9.97 Å². The Bertz CT molecular complexity index is 605. The molecule has 1 atom stereocenters. The molecule has 1 aromatic rings. The van der Waals surface area contributed by atoms with E-state index in [9.17, 15) is 10.1 Å². The molecular weight excluding hydrogens is 324 g/mol. The summed E-state index contributed by atoms with van der Waals surface area (Å²) in [5.41, 5.74) is 0.167. The maximum atomic E-state index is 12.0. The second kappa shape index (κ2) is 7.65. The van der Waals surface area contributed by atoms with Crippen LogP contribution in [-0.2, 0) is 4.74 Å². The summed E-state index contributed by atoms with van der Waals surface area (Å²) >= 11 is 7.51. The largest absolute Gasteiger partial charge is 0.465 e. The third kappa shape index (κ3) is 3.62. The standard InChI is InChI=1S/C14H17ClN4O2S/c1-21-13(20)10-11(15)17-14(22-2)18-12(10)19-6-4-3-5-9(7-16)8-19/h9H,3-6,8H2,1-2H3. The average Bonchev–Trinajstić information content (AvgIpc) is 2.78. The van der Waals surface area contributed by atoms with Gasteiger partial charge in [0.05, 0.1) is 19.1 Å². The molecule has 0 spiro atoms. The Morgan fingerprint density at radius 1 is 1.50 bits per heavy atom. The first-order valence-corrected chi connectivity index (χ1v) is 8.55. The van der Waals surface area contributed by atoms with Gasteiger partial charge in [0.1, 0.15) is 16.5 Å². The molecule has 0 amide bonds. The summed E-state index contributed by atoms with van der Waals surface area (Å²) in [6.45, 7) is 1.25. The predicted octanol–water partition coefficient (Wildman–Crippen LogP) is 2.77. The van der Waals surface area contributed by atoms with E-state index in [4.69, 9.17) is 16.3 Å². The van der Waals surface area contributed by atoms with Crippen molar-refractivity contribution in [3.05, 3.63) is 10.7 Å². The number of esters is 1. The Hall–Kier alpha value is -1.52. The molecule has 0 N–H and O–H groups in total. The molecule has 1 fully saturated rings. The topological polar surface area (TPSA) is 79.1 Å². The minimum Gasteiger partial charge on any atom is -0.465 e. The molecule has 22 heavy (non-hydrogen) atoms. The molecule has 6 nitrogen and oxygen atoms in total. The zero-order chi connectivity index (χ0) is 16.1. The number of hydrogen-bond donors (Lipinski definition) is 0. The molecule has 0 bridgehead atoms. The smallest absolute Gasteiger partial charge is 0.344 e. The molecule has 2 heterocycles. The van der Waals surface area contributed by atoms with Gasteiger partial charge < -0.3 is 9.64 Å². The Morgan fingerprint density at radius 2 is 2.27 bits per heavy atom. The molecule has 1 aromatic heterocycles. The van der Waals surface area contributed by atoms with Crippen LogP contribution < -0.4 is 4.90 Å². The van der Waals surface area contributed by atoms with Crippen molar-refractivity contribution in [2.24, 2.45) is 5.92 Å². The van der Waals surface area contributed by atoms with Crippen LogP contribution in [0.4, 0.5) is 5.82 Å². The van der Waals surface area contributed by atoms with Gasteiger partial charge in [-0.05, 0) is 19.1 Å². The summed E-state index contributed by atoms with van der Waals surface area (Å²) in [5.74, 6) is -0.191. The number of carbonyl (C=O) groups is 1. The lowest BCUT2D eigenvalue weighted by atomic mass is 10.1. The van der Waals surface area contributed by atoms with Crippen LogP contribution in [0.15, 0.2) is 5.16 Å². The van der Waals surface area contributed by atoms with E-state index in [2.05, 4.69) is 16.0 Å². The number of ether oxygens (including phenoxy) is 1. The molecule has 0 saturated carbocycles. The van der Waals surface area contributed by atoms with E-state index in [0.29, 0.717) is 17.5 Å². The van der Waals surface area contributed by atoms with Crippen molar-refractivity contribution in [3.8, 4) is 6.07 Å². The van der Waals surface area contributed by atoms with Gasteiger partial charge in [0.2, 0.25) is 0 Å². The molecule has 0 radical (unpaired) electrons. The number of nitrogens with zero attached hydrogens (tertiary/aromatic N) is 4. The van der Waals surface area contributed by atoms with Crippen LogP contribution in [-0.4, -0.2) is 42.4 Å². The summed E-state index contributed by atoms with van der Waals surface area (Å²) in [7, 11) is 1.30. The highest BCUT2D eigenvalue weighted by Crippen LogP contribution is 2.30. The zero-order valence-corrected chi connectivity index (χ0v) is 14.1. The van der Waals surface area contributed by atoms with Gasteiger partial charge in [0.25, 0.3) is 0 Å². The van der Waals surface area contributed by atoms with E-state index in [1.807, 2.05) is 11.2 Å². The van der Waals surface area contributed by atoms with Crippen molar-refractivity contribution < 1.29 is 9.53 Å². The minimum absolute atomic E-state index is 0.0824. The number of aromatic nitrogens is 2. The first-order chi connectivity index (χ1) is 10.6. The average molecular weight is 341 g/mol. The fraction of sp³-hybridized carbons (Fsp3) is 0.571. The molecule has 2 rings (SSSR count). The first kappa shape index (κ1) is 16.8. The lowest BCUT2D eigenvalue weighted by molar-refractivity contribution is 0.0600. The lowest BCUT2D eigenvalue weighted by Crippen LogP contribution is -2.31.